The van der Waals surface area contributed by atoms with Gasteiger partial charge < -0.3 is 0 Å². The fourth-order valence-corrected chi connectivity index (χ4v) is 11.8. The first kappa shape index (κ1) is 31.9. The van der Waals surface area contributed by atoms with Gasteiger partial charge in [0.15, 0.2) is 0 Å². The number of unbranched alkanes of at least 4 members (excludes halogenated alkanes) is 1. The van der Waals surface area contributed by atoms with Crippen LogP contribution in [0.4, 0.5) is 0 Å². The smallest absolute Gasteiger partial charge is 0.0324 e. The Hall–Kier alpha value is 0. The van der Waals surface area contributed by atoms with Crippen LogP contribution in [0.25, 0.3) is 0 Å². The zero-order chi connectivity index (χ0) is 27.9. The maximum Gasteiger partial charge on any atom is -0.0324 e. The molecule has 0 amide bonds. The van der Waals surface area contributed by atoms with Crippen molar-refractivity contribution >= 4 is 0 Å². The molecule has 0 nitrogen and oxygen atoms in total. The molecule has 5 aliphatic rings. The Morgan fingerprint density at radius 2 is 1.18 bits per heavy atom. The maximum atomic E-state index is 2.62. The molecule has 0 N–H and O–H groups in total. The summed E-state index contributed by atoms with van der Waals surface area (Å²) in [5, 5.41) is 0. The van der Waals surface area contributed by atoms with E-state index < -0.39 is 0 Å². The van der Waals surface area contributed by atoms with Crippen molar-refractivity contribution in [1.29, 1.82) is 0 Å². The van der Waals surface area contributed by atoms with Crippen molar-refractivity contribution in [2.75, 3.05) is 0 Å². The first-order valence-electron chi connectivity index (χ1n) is 18.9. The highest BCUT2D eigenvalue weighted by Gasteiger charge is 2.48. The van der Waals surface area contributed by atoms with E-state index in [9.17, 15) is 0 Å². The third-order valence-electron chi connectivity index (χ3n) is 13.9. The van der Waals surface area contributed by atoms with Crippen LogP contribution in [0.3, 0.4) is 0 Å². The minimum Gasteiger partial charge on any atom is -0.0654 e. The lowest BCUT2D eigenvalue weighted by Crippen LogP contribution is -2.43. The van der Waals surface area contributed by atoms with Crippen molar-refractivity contribution in [3.8, 4) is 0 Å². The summed E-state index contributed by atoms with van der Waals surface area (Å²) in [7, 11) is 0. The van der Waals surface area contributed by atoms with Gasteiger partial charge in [-0.15, -0.1) is 0 Å². The number of fused-ring (bicyclic) bond motifs is 1. The molecule has 0 aromatic rings. The van der Waals surface area contributed by atoms with E-state index in [0.29, 0.717) is 0 Å². The second kappa shape index (κ2) is 15.5. The van der Waals surface area contributed by atoms with E-state index in [1.165, 1.54) is 77.0 Å². The van der Waals surface area contributed by atoms with Crippen LogP contribution < -0.4 is 0 Å². The van der Waals surface area contributed by atoms with Gasteiger partial charge in [-0.2, -0.15) is 0 Å². The van der Waals surface area contributed by atoms with E-state index in [4.69, 9.17) is 0 Å². The minimum absolute atomic E-state index is 1.00. The Balaban J connectivity index is 0.000000202. The van der Waals surface area contributed by atoms with Crippen molar-refractivity contribution < 1.29 is 0 Å². The summed E-state index contributed by atoms with van der Waals surface area (Å²) in [5.74, 6) is 13.8. The Kier molecular flexibility index (Phi) is 12.7. The molecule has 0 saturated heterocycles. The molecule has 5 aliphatic carbocycles. The Morgan fingerprint density at radius 3 is 1.85 bits per heavy atom. The first-order chi connectivity index (χ1) is 18.9. The van der Waals surface area contributed by atoms with Crippen LogP contribution in [-0.4, -0.2) is 0 Å². The molecular weight excluding hydrogens is 468 g/mol. The lowest BCUT2D eigenvalue weighted by Gasteiger charge is -2.51. The van der Waals surface area contributed by atoms with E-state index in [1.54, 1.807) is 44.9 Å². The Morgan fingerprint density at radius 1 is 0.513 bits per heavy atom. The van der Waals surface area contributed by atoms with E-state index in [1.807, 2.05) is 0 Å². The highest BCUT2D eigenvalue weighted by atomic mass is 14.5. The van der Waals surface area contributed by atoms with Crippen LogP contribution in [0.1, 0.15) is 170 Å². The molecule has 0 heterocycles. The third-order valence-corrected chi connectivity index (χ3v) is 13.9. The summed E-state index contributed by atoms with van der Waals surface area (Å²) >= 11 is 0. The van der Waals surface area contributed by atoms with Crippen LogP contribution in [-0.2, 0) is 0 Å². The van der Waals surface area contributed by atoms with Gasteiger partial charge >= 0.3 is 0 Å². The third kappa shape index (κ3) is 7.89. The summed E-state index contributed by atoms with van der Waals surface area (Å²) in [5.41, 5.74) is 0. The van der Waals surface area contributed by atoms with Crippen LogP contribution in [0.2, 0.25) is 0 Å². The molecule has 0 heteroatoms. The SMILES string of the molecule is CCC1CC(C)CCC1C1CCC(C)C1.CCCCC1C(C)CC2CCCC2C1C1CCC(CC)C(CC)C1. The van der Waals surface area contributed by atoms with Crippen molar-refractivity contribution in [2.24, 2.45) is 76.9 Å². The topological polar surface area (TPSA) is 0 Å². The lowest BCUT2D eigenvalue weighted by molar-refractivity contribution is -0.0149. The second-order valence-electron chi connectivity index (χ2n) is 16.3. The average Bonchev–Trinajstić information content (AvgIpc) is 3.60. The molecule has 0 spiro atoms. The molecule has 5 saturated carbocycles. The number of hydrogen-bond donors (Lipinski definition) is 0. The van der Waals surface area contributed by atoms with Gasteiger partial charge in [0.1, 0.15) is 0 Å². The van der Waals surface area contributed by atoms with Crippen molar-refractivity contribution in [3.63, 3.8) is 0 Å². The van der Waals surface area contributed by atoms with Crippen LogP contribution >= 0.6 is 0 Å². The summed E-state index contributed by atoms with van der Waals surface area (Å²) < 4.78 is 0. The maximum absolute atomic E-state index is 2.62. The summed E-state index contributed by atoms with van der Waals surface area (Å²) in [6.45, 7) is 17.2. The average molecular weight is 541 g/mol. The molecular formula is C39H72. The van der Waals surface area contributed by atoms with Crippen LogP contribution in [0.5, 0.6) is 0 Å². The predicted molar refractivity (Wildman–Crippen MR) is 173 cm³/mol. The Bertz CT molecular complexity index is 678. The molecule has 5 rings (SSSR count). The molecule has 0 aromatic heterocycles. The van der Waals surface area contributed by atoms with Gasteiger partial charge in [0, 0.05) is 0 Å². The quantitative estimate of drug-likeness (QED) is 0.287. The standard InChI is InChI=1S/C24H44.C15H28/c1-5-8-11-22-17(4)15-20-10-9-12-23(20)24(22)21-14-13-18(6-2)19(7-3)16-21;1-4-13-9-12(3)6-8-15(13)14-7-5-11(2)10-14/h17-24H,5-16H2,1-4H3;11-15H,4-10H2,1-3H3. The summed E-state index contributed by atoms with van der Waals surface area (Å²) in [6, 6.07) is 0. The van der Waals surface area contributed by atoms with Gasteiger partial charge in [-0.25, -0.2) is 0 Å². The largest absolute Gasteiger partial charge is 0.0654 e. The fourth-order valence-electron chi connectivity index (χ4n) is 11.8. The first-order valence-corrected chi connectivity index (χ1v) is 18.9. The van der Waals surface area contributed by atoms with Crippen molar-refractivity contribution in [1.82, 2.24) is 0 Å². The molecule has 0 aromatic carbocycles. The molecule has 0 radical (unpaired) electrons. The summed E-state index contributed by atoms with van der Waals surface area (Å²) in [6.07, 6.45) is 28.8. The van der Waals surface area contributed by atoms with Crippen LogP contribution in [0.15, 0.2) is 0 Å². The molecule has 13 unspecified atom stereocenters. The molecule has 228 valence electrons. The molecule has 0 bridgehead atoms. The molecule has 39 heavy (non-hydrogen) atoms. The van der Waals surface area contributed by atoms with E-state index in [0.717, 1.165) is 76.9 Å². The monoisotopic (exact) mass is 541 g/mol. The fraction of sp³-hybridized carbons (Fsp3) is 1.00. The van der Waals surface area contributed by atoms with Gasteiger partial charge in [-0.05, 0) is 141 Å². The molecule has 0 aliphatic heterocycles. The second-order valence-corrected chi connectivity index (χ2v) is 16.3. The van der Waals surface area contributed by atoms with Gasteiger partial charge in [0.2, 0.25) is 0 Å². The highest BCUT2D eigenvalue weighted by molar-refractivity contribution is 4.98. The van der Waals surface area contributed by atoms with Gasteiger partial charge in [-0.1, -0.05) is 106 Å². The predicted octanol–water partition coefficient (Wildman–Crippen LogP) is 12.6. The van der Waals surface area contributed by atoms with E-state index in [2.05, 4.69) is 48.5 Å². The normalized spacial score (nSPS) is 46.4. The highest BCUT2D eigenvalue weighted by Crippen LogP contribution is 2.57. The number of rotatable bonds is 8. The van der Waals surface area contributed by atoms with Gasteiger partial charge in [-0.3, -0.25) is 0 Å². The summed E-state index contributed by atoms with van der Waals surface area (Å²) in [4.78, 5) is 0. The minimum atomic E-state index is 1.00. The lowest BCUT2D eigenvalue weighted by atomic mass is 9.55. The Labute approximate surface area is 247 Å². The molecule has 5 fully saturated rings. The van der Waals surface area contributed by atoms with E-state index >= 15 is 0 Å². The van der Waals surface area contributed by atoms with Gasteiger partial charge in [0.25, 0.3) is 0 Å². The van der Waals surface area contributed by atoms with Crippen molar-refractivity contribution in [3.05, 3.63) is 0 Å². The van der Waals surface area contributed by atoms with E-state index in [-0.39, 0.29) is 0 Å². The molecule has 13 atom stereocenters. The van der Waals surface area contributed by atoms with Crippen LogP contribution in [0, 0.1) is 76.9 Å². The van der Waals surface area contributed by atoms with Crippen molar-refractivity contribution in [2.45, 2.75) is 170 Å². The zero-order valence-electron chi connectivity index (χ0n) is 27.9. The number of hydrogen-bond acceptors (Lipinski definition) is 0. The zero-order valence-corrected chi connectivity index (χ0v) is 27.9. The van der Waals surface area contributed by atoms with Gasteiger partial charge in [0.05, 0.1) is 0 Å².